The van der Waals surface area contributed by atoms with Gasteiger partial charge in [0.15, 0.2) is 0 Å². The molecular weight excluding hydrogens is 271 g/mol. The molecule has 1 aromatic carbocycles. The molecule has 74 valence electrons. The summed E-state index contributed by atoms with van der Waals surface area (Å²) in [6, 6.07) is 6.76. The van der Waals surface area contributed by atoms with Gasteiger partial charge < -0.3 is 0 Å². The molecule has 0 bridgehead atoms. The standard InChI is InChI=1S/C12H18.HI/c1-9-6-10(2)8-11(7-9)12(3,4)5;/h6-8H,1-5H3;1H. The van der Waals surface area contributed by atoms with Crippen molar-refractivity contribution in [1.82, 2.24) is 0 Å². The highest BCUT2D eigenvalue weighted by molar-refractivity contribution is 14.0. The van der Waals surface area contributed by atoms with Crippen LogP contribution in [-0.2, 0) is 5.41 Å². The van der Waals surface area contributed by atoms with Gasteiger partial charge >= 0.3 is 0 Å². The molecule has 0 atom stereocenters. The topological polar surface area (TPSA) is 0 Å². The van der Waals surface area contributed by atoms with Crippen LogP contribution in [0.3, 0.4) is 0 Å². The van der Waals surface area contributed by atoms with Crippen LogP contribution >= 0.6 is 24.0 Å². The van der Waals surface area contributed by atoms with Gasteiger partial charge in [-0.05, 0) is 24.8 Å². The van der Waals surface area contributed by atoms with E-state index in [9.17, 15) is 0 Å². The number of hydrogen-bond acceptors (Lipinski definition) is 0. The number of aryl methyl sites for hydroxylation is 2. The van der Waals surface area contributed by atoms with Crippen LogP contribution in [0.5, 0.6) is 0 Å². The molecule has 0 saturated carbocycles. The van der Waals surface area contributed by atoms with E-state index in [0.717, 1.165) is 0 Å². The molecule has 1 rings (SSSR count). The number of halogens is 1. The third-order valence-corrected chi connectivity index (χ3v) is 2.09. The third-order valence-electron chi connectivity index (χ3n) is 2.09. The Morgan fingerprint density at radius 3 is 1.54 bits per heavy atom. The molecule has 1 aromatic rings. The minimum Gasteiger partial charge on any atom is -0.107 e. The van der Waals surface area contributed by atoms with Crippen molar-refractivity contribution in [2.24, 2.45) is 0 Å². The Kier molecular flexibility index (Phi) is 4.43. The van der Waals surface area contributed by atoms with E-state index in [0.29, 0.717) is 0 Å². The quantitative estimate of drug-likeness (QED) is 0.628. The fraction of sp³-hybridized carbons (Fsp3) is 0.500. The summed E-state index contributed by atoms with van der Waals surface area (Å²) in [6.07, 6.45) is 0. The summed E-state index contributed by atoms with van der Waals surface area (Å²) < 4.78 is 0. The van der Waals surface area contributed by atoms with E-state index in [2.05, 4.69) is 52.8 Å². The lowest BCUT2D eigenvalue weighted by Gasteiger charge is -2.20. The summed E-state index contributed by atoms with van der Waals surface area (Å²) in [7, 11) is 0. The van der Waals surface area contributed by atoms with E-state index in [1.165, 1.54) is 16.7 Å². The highest BCUT2D eigenvalue weighted by Crippen LogP contribution is 2.23. The Balaban J connectivity index is 0.00000144. The van der Waals surface area contributed by atoms with E-state index in [4.69, 9.17) is 0 Å². The third kappa shape index (κ3) is 3.67. The molecule has 0 heterocycles. The number of benzene rings is 1. The first-order valence-corrected chi connectivity index (χ1v) is 4.48. The molecule has 13 heavy (non-hydrogen) atoms. The van der Waals surface area contributed by atoms with Crippen molar-refractivity contribution < 1.29 is 0 Å². The molecule has 0 aromatic heterocycles. The van der Waals surface area contributed by atoms with Gasteiger partial charge in [0.25, 0.3) is 0 Å². The fourth-order valence-electron chi connectivity index (χ4n) is 1.41. The van der Waals surface area contributed by atoms with Crippen LogP contribution in [-0.4, -0.2) is 0 Å². The second-order valence-electron chi connectivity index (χ2n) is 4.63. The van der Waals surface area contributed by atoms with Gasteiger partial charge in [-0.3, -0.25) is 0 Å². The average Bonchev–Trinajstić information content (AvgIpc) is 1.82. The van der Waals surface area contributed by atoms with Gasteiger partial charge in [0.1, 0.15) is 0 Å². The van der Waals surface area contributed by atoms with Gasteiger partial charge in [0.05, 0.1) is 0 Å². The Bertz CT molecular complexity index is 261. The monoisotopic (exact) mass is 290 g/mol. The summed E-state index contributed by atoms with van der Waals surface area (Å²) >= 11 is 0. The molecule has 0 nitrogen and oxygen atoms in total. The Morgan fingerprint density at radius 2 is 1.23 bits per heavy atom. The predicted molar refractivity (Wildman–Crippen MR) is 70.0 cm³/mol. The molecule has 0 aliphatic rings. The van der Waals surface area contributed by atoms with E-state index in [1.807, 2.05) is 0 Å². The van der Waals surface area contributed by atoms with Crippen molar-refractivity contribution in [1.29, 1.82) is 0 Å². The van der Waals surface area contributed by atoms with Gasteiger partial charge in [0, 0.05) is 0 Å². The highest BCUT2D eigenvalue weighted by atomic mass is 127. The highest BCUT2D eigenvalue weighted by Gasteiger charge is 2.13. The average molecular weight is 290 g/mol. The van der Waals surface area contributed by atoms with Crippen molar-refractivity contribution in [3.8, 4) is 0 Å². The lowest BCUT2D eigenvalue weighted by Crippen LogP contribution is -2.11. The first kappa shape index (κ1) is 12.9. The fourth-order valence-corrected chi connectivity index (χ4v) is 1.41. The predicted octanol–water partition coefficient (Wildman–Crippen LogP) is 4.22. The van der Waals surface area contributed by atoms with E-state index < -0.39 is 0 Å². The molecule has 0 aliphatic carbocycles. The van der Waals surface area contributed by atoms with Crippen molar-refractivity contribution in [2.45, 2.75) is 40.0 Å². The smallest absolute Gasteiger partial charge is 0.0132 e. The van der Waals surface area contributed by atoms with Crippen LogP contribution in [0.1, 0.15) is 37.5 Å². The Morgan fingerprint density at radius 1 is 0.846 bits per heavy atom. The molecular formula is C12H19I. The van der Waals surface area contributed by atoms with Crippen LogP contribution in [0.15, 0.2) is 18.2 Å². The minimum absolute atomic E-state index is 0. The van der Waals surface area contributed by atoms with Gasteiger partial charge in [-0.1, -0.05) is 50.1 Å². The van der Waals surface area contributed by atoms with Gasteiger partial charge in [0.2, 0.25) is 0 Å². The normalized spacial score (nSPS) is 10.8. The second-order valence-corrected chi connectivity index (χ2v) is 4.63. The molecule has 0 amide bonds. The molecule has 0 fully saturated rings. The molecule has 0 spiro atoms. The maximum absolute atomic E-state index is 2.27. The van der Waals surface area contributed by atoms with Gasteiger partial charge in [-0.25, -0.2) is 0 Å². The van der Waals surface area contributed by atoms with E-state index >= 15 is 0 Å². The minimum atomic E-state index is 0. The van der Waals surface area contributed by atoms with Crippen LogP contribution in [0.2, 0.25) is 0 Å². The van der Waals surface area contributed by atoms with Crippen molar-refractivity contribution in [3.63, 3.8) is 0 Å². The Labute approximate surface area is 98.8 Å². The summed E-state index contributed by atoms with van der Waals surface area (Å²) in [5, 5.41) is 0. The summed E-state index contributed by atoms with van der Waals surface area (Å²) in [4.78, 5) is 0. The number of hydrogen-bond donors (Lipinski definition) is 0. The van der Waals surface area contributed by atoms with Crippen molar-refractivity contribution >= 4 is 24.0 Å². The summed E-state index contributed by atoms with van der Waals surface area (Å²) in [5.41, 5.74) is 4.43. The SMILES string of the molecule is Cc1cc(C)cc(C(C)(C)C)c1.I. The maximum atomic E-state index is 2.27. The lowest BCUT2D eigenvalue weighted by molar-refractivity contribution is 0.589. The molecule has 0 aliphatic heterocycles. The largest absolute Gasteiger partial charge is 0.107 e. The van der Waals surface area contributed by atoms with Crippen LogP contribution in [0, 0.1) is 13.8 Å². The zero-order valence-corrected chi connectivity index (χ0v) is 11.5. The molecule has 0 radical (unpaired) electrons. The molecule has 1 heteroatoms. The van der Waals surface area contributed by atoms with Gasteiger partial charge in [-0.15, -0.1) is 24.0 Å². The molecule has 0 saturated heterocycles. The van der Waals surface area contributed by atoms with Gasteiger partial charge in [-0.2, -0.15) is 0 Å². The summed E-state index contributed by atoms with van der Waals surface area (Å²) in [5.74, 6) is 0. The van der Waals surface area contributed by atoms with Crippen LogP contribution in [0.4, 0.5) is 0 Å². The summed E-state index contributed by atoms with van der Waals surface area (Å²) in [6.45, 7) is 11.1. The number of rotatable bonds is 0. The molecule has 0 N–H and O–H groups in total. The van der Waals surface area contributed by atoms with Crippen molar-refractivity contribution in [3.05, 3.63) is 34.9 Å². The van der Waals surface area contributed by atoms with Crippen molar-refractivity contribution in [2.75, 3.05) is 0 Å². The Hall–Kier alpha value is -0.0500. The maximum Gasteiger partial charge on any atom is -0.0132 e. The zero-order chi connectivity index (χ0) is 9.35. The van der Waals surface area contributed by atoms with E-state index in [1.54, 1.807) is 0 Å². The first-order chi connectivity index (χ1) is 5.39. The first-order valence-electron chi connectivity index (χ1n) is 4.48. The van der Waals surface area contributed by atoms with E-state index in [-0.39, 0.29) is 29.4 Å². The van der Waals surface area contributed by atoms with Crippen LogP contribution in [0.25, 0.3) is 0 Å². The zero-order valence-electron chi connectivity index (χ0n) is 9.14. The lowest BCUT2D eigenvalue weighted by atomic mass is 9.85. The molecule has 0 unspecified atom stereocenters. The van der Waals surface area contributed by atoms with Crippen LogP contribution < -0.4 is 0 Å². The second kappa shape index (κ2) is 4.45.